The van der Waals surface area contributed by atoms with E-state index in [1.165, 1.54) is 11.8 Å². The van der Waals surface area contributed by atoms with Gasteiger partial charge in [0.25, 0.3) is 5.91 Å². The second kappa shape index (κ2) is 8.19. The molecule has 0 saturated carbocycles. The van der Waals surface area contributed by atoms with Crippen LogP contribution in [0, 0.1) is 0 Å². The van der Waals surface area contributed by atoms with Crippen molar-refractivity contribution in [3.8, 4) is 11.6 Å². The SMILES string of the molecule is CCn1c(SCC(=O)OCC(=O)N2CCCC2)nnc1-c1ccco1. The number of thioether (sulfide) groups is 1. The Morgan fingerprint density at radius 2 is 2.12 bits per heavy atom. The summed E-state index contributed by atoms with van der Waals surface area (Å²) >= 11 is 1.23. The van der Waals surface area contributed by atoms with Gasteiger partial charge < -0.3 is 14.1 Å². The van der Waals surface area contributed by atoms with Crippen LogP contribution in [0.4, 0.5) is 0 Å². The molecular formula is C16H20N4O4S. The van der Waals surface area contributed by atoms with Crippen molar-refractivity contribution in [1.82, 2.24) is 19.7 Å². The van der Waals surface area contributed by atoms with E-state index in [-0.39, 0.29) is 18.3 Å². The Labute approximate surface area is 149 Å². The van der Waals surface area contributed by atoms with Crippen molar-refractivity contribution in [2.45, 2.75) is 31.5 Å². The van der Waals surface area contributed by atoms with Crippen molar-refractivity contribution in [3.63, 3.8) is 0 Å². The highest BCUT2D eigenvalue weighted by Gasteiger charge is 2.20. The van der Waals surface area contributed by atoms with Crippen LogP contribution in [-0.4, -0.2) is 57.0 Å². The van der Waals surface area contributed by atoms with Gasteiger partial charge in [-0.15, -0.1) is 10.2 Å². The molecule has 0 radical (unpaired) electrons. The fraction of sp³-hybridized carbons (Fsp3) is 0.500. The van der Waals surface area contributed by atoms with Gasteiger partial charge in [-0.2, -0.15) is 0 Å². The number of hydrogen-bond acceptors (Lipinski definition) is 7. The van der Waals surface area contributed by atoms with Crippen molar-refractivity contribution in [1.29, 1.82) is 0 Å². The summed E-state index contributed by atoms with van der Waals surface area (Å²) in [6, 6.07) is 3.59. The van der Waals surface area contributed by atoms with Crippen molar-refractivity contribution < 1.29 is 18.7 Å². The van der Waals surface area contributed by atoms with E-state index in [2.05, 4.69) is 10.2 Å². The lowest BCUT2D eigenvalue weighted by molar-refractivity contribution is -0.149. The van der Waals surface area contributed by atoms with Gasteiger partial charge in [-0.1, -0.05) is 11.8 Å². The number of ether oxygens (including phenoxy) is 1. The Morgan fingerprint density at radius 1 is 1.32 bits per heavy atom. The number of likely N-dealkylation sites (tertiary alicyclic amines) is 1. The molecule has 0 N–H and O–H groups in total. The minimum absolute atomic E-state index is 0.0730. The van der Waals surface area contributed by atoms with Crippen LogP contribution in [0.3, 0.4) is 0 Å². The molecule has 1 fully saturated rings. The molecule has 1 saturated heterocycles. The molecule has 0 bridgehead atoms. The largest absolute Gasteiger partial charge is 0.461 e. The third kappa shape index (κ3) is 4.22. The molecule has 0 spiro atoms. The maximum absolute atomic E-state index is 11.9. The van der Waals surface area contributed by atoms with E-state index in [0.717, 1.165) is 25.9 Å². The lowest BCUT2D eigenvalue weighted by Crippen LogP contribution is -2.32. The first-order valence-electron chi connectivity index (χ1n) is 8.22. The lowest BCUT2D eigenvalue weighted by Gasteiger charge is -2.14. The van der Waals surface area contributed by atoms with Crippen molar-refractivity contribution in [2.24, 2.45) is 0 Å². The Bertz CT molecular complexity index is 723. The topological polar surface area (TPSA) is 90.5 Å². The van der Waals surface area contributed by atoms with Crippen LogP contribution in [0.1, 0.15) is 19.8 Å². The van der Waals surface area contributed by atoms with Gasteiger partial charge in [-0.3, -0.25) is 14.2 Å². The predicted octanol–water partition coefficient (Wildman–Crippen LogP) is 1.82. The van der Waals surface area contributed by atoms with Crippen molar-refractivity contribution in [2.75, 3.05) is 25.4 Å². The summed E-state index contributed by atoms with van der Waals surface area (Å²) in [5.74, 6) is 0.742. The van der Waals surface area contributed by atoms with Gasteiger partial charge in [-0.25, -0.2) is 0 Å². The normalized spacial score (nSPS) is 14.0. The number of nitrogens with zero attached hydrogens (tertiary/aromatic N) is 4. The van der Waals surface area contributed by atoms with Crippen molar-refractivity contribution >= 4 is 23.6 Å². The molecule has 0 aliphatic carbocycles. The zero-order valence-corrected chi connectivity index (χ0v) is 14.8. The van der Waals surface area contributed by atoms with Gasteiger partial charge in [-0.05, 0) is 31.9 Å². The lowest BCUT2D eigenvalue weighted by atomic mass is 10.4. The molecule has 8 nitrogen and oxygen atoms in total. The molecule has 25 heavy (non-hydrogen) atoms. The molecule has 0 aromatic carbocycles. The van der Waals surface area contributed by atoms with E-state index >= 15 is 0 Å². The molecule has 0 unspecified atom stereocenters. The molecular weight excluding hydrogens is 344 g/mol. The molecule has 1 aliphatic heterocycles. The molecule has 3 heterocycles. The third-order valence-corrected chi connectivity index (χ3v) is 4.85. The van der Waals surface area contributed by atoms with E-state index in [4.69, 9.17) is 9.15 Å². The van der Waals surface area contributed by atoms with E-state index < -0.39 is 5.97 Å². The zero-order chi connectivity index (χ0) is 17.6. The highest BCUT2D eigenvalue weighted by molar-refractivity contribution is 7.99. The number of aromatic nitrogens is 3. The van der Waals surface area contributed by atoms with E-state index in [0.29, 0.717) is 23.3 Å². The van der Waals surface area contributed by atoms with Gasteiger partial charge >= 0.3 is 5.97 Å². The van der Waals surface area contributed by atoms with Crippen LogP contribution < -0.4 is 0 Å². The van der Waals surface area contributed by atoms with Crippen LogP contribution in [-0.2, 0) is 20.9 Å². The van der Waals surface area contributed by atoms with Crippen LogP contribution in [0.5, 0.6) is 0 Å². The summed E-state index contributed by atoms with van der Waals surface area (Å²) in [5.41, 5.74) is 0. The Balaban J connectivity index is 1.51. The average molecular weight is 364 g/mol. The molecule has 1 aliphatic rings. The molecule has 3 rings (SSSR count). The minimum atomic E-state index is -0.442. The first-order chi connectivity index (χ1) is 12.2. The molecule has 0 atom stereocenters. The Morgan fingerprint density at radius 3 is 2.80 bits per heavy atom. The second-order valence-electron chi connectivity index (χ2n) is 5.56. The van der Waals surface area contributed by atoms with E-state index in [1.807, 2.05) is 17.6 Å². The Kier molecular flexibility index (Phi) is 5.75. The smallest absolute Gasteiger partial charge is 0.316 e. The van der Waals surface area contributed by atoms with Gasteiger partial charge in [0.2, 0.25) is 0 Å². The third-order valence-electron chi connectivity index (χ3n) is 3.91. The van der Waals surface area contributed by atoms with Crippen LogP contribution in [0.2, 0.25) is 0 Å². The molecule has 1 amide bonds. The number of carbonyl (C=O) groups is 2. The Hall–Kier alpha value is -2.29. The first kappa shape index (κ1) is 17.5. The molecule has 2 aromatic heterocycles. The summed E-state index contributed by atoms with van der Waals surface area (Å²) in [5, 5.41) is 8.83. The minimum Gasteiger partial charge on any atom is -0.461 e. The zero-order valence-electron chi connectivity index (χ0n) is 14.0. The summed E-state index contributed by atoms with van der Waals surface area (Å²) < 4.78 is 12.3. The summed E-state index contributed by atoms with van der Waals surface area (Å²) in [4.78, 5) is 25.5. The highest BCUT2D eigenvalue weighted by atomic mass is 32.2. The number of esters is 1. The average Bonchev–Trinajstić information content (AvgIpc) is 3.38. The fourth-order valence-electron chi connectivity index (χ4n) is 2.63. The number of rotatable bonds is 7. The molecule has 134 valence electrons. The fourth-order valence-corrected chi connectivity index (χ4v) is 3.43. The maximum Gasteiger partial charge on any atom is 0.316 e. The van der Waals surface area contributed by atoms with Gasteiger partial charge in [0, 0.05) is 19.6 Å². The van der Waals surface area contributed by atoms with Gasteiger partial charge in [0.1, 0.15) is 0 Å². The number of carbonyl (C=O) groups excluding carboxylic acids is 2. The summed E-state index contributed by atoms with van der Waals surface area (Å²) in [6.07, 6.45) is 3.60. The number of hydrogen-bond donors (Lipinski definition) is 0. The maximum atomic E-state index is 11.9. The van der Waals surface area contributed by atoms with E-state index in [1.54, 1.807) is 17.2 Å². The standard InChI is InChI=1S/C16H20N4O4S/c1-2-20-15(12-6-5-9-23-12)17-18-16(20)25-11-14(22)24-10-13(21)19-7-3-4-8-19/h5-6,9H,2-4,7-8,10-11H2,1H3. The van der Waals surface area contributed by atoms with E-state index in [9.17, 15) is 9.59 Å². The van der Waals surface area contributed by atoms with Gasteiger partial charge in [0.15, 0.2) is 23.3 Å². The second-order valence-corrected chi connectivity index (χ2v) is 6.51. The first-order valence-corrected chi connectivity index (χ1v) is 9.21. The number of amides is 1. The quantitative estimate of drug-likeness (QED) is 0.547. The predicted molar refractivity (Wildman–Crippen MR) is 90.9 cm³/mol. The van der Waals surface area contributed by atoms with Crippen LogP contribution >= 0.6 is 11.8 Å². The van der Waals surface area contributed by atoms with Gasteiger partial charge in [0.05, 0.1) is 12.0 Å². The monoisotopic (exact) mass is 364 g/mol. The number of furan rings is 1. The molecule has 9 heteroatoms. The van der Waals surface area contributed by atoms with Crippen LogP contribution in [0.15, 0.2) is 28.0 Å². The van der Waals surface area contributed by atoms with Crippen LogP contribution in [0.25, 0.3) is 11.6 Å². The van der Waals surface area contributed by atoms with Crippen molar-refractivity contribution in [3.05, 3.63) is 18.4 Å². The molecule has 2 aromatic rings. The highest BCUT2D eigenvalue weighted by Crippen LogP contribution is 2.24. The summed E-state index contributed by atoms with van der Waals surface area (Å²) in [7, 11) is 0. The summed E-state index contributed by atoms with van der Waals surface area (Å²) in [6.45, 7) is 3.92.